The molecule has 0 aliphatic heterocycles. The van der Waals surface area contributed by atoms with E-state index in [1.54, 1.807) is 12.1 Å². The van der Waals surface area contributed by atoms with Gasteiger partial charge < -0.3 is 4.90 Å². The van der Waals surface area contributed by atoms with Crippen molar-refractivity contribution in [1.82, 2.24) is 0 Å². The molecule has 0 N–H and O–H groups in total. The zero-order chi connectivity index (χ0) is 13.7. The van der Waals surface area contributed by atoms with E-state index in [2.05, 4.69) is 45.2 Å². The Bertz CT molecular complexity index is 429. The number of nitrogens with zero attached hydrogens (tertiary/aromatic N) is 1. The van der Waals surface area contributed by atoms with E-state index in [1.165, 1.54) is 12.1 Å². The molecule has 0 spiro atoms. The van der Waals surface area contributed by atoms with Crippen LogP contribution in [0.5, 0.6) is 0 Å². The molecule has 0 saturated heterocycles. The van der Waals surface area contributed by atoms with Crippen molar-refractivity contribution in [1.29, 1.82) is 0 Å². The summed E-state index contributed by atoms with van der Waals surface area (Å²) in [6.07, 6.45) is 3.12. The topological polar surface area (TPSA) is 3.24 Å². The van der Waals surface area contributed by atoms with Crippen molar-refractivity contribution in [3.05, 3.63) is 54.1 Å². The molecular weight excluding hydrogens is 225 g/mol. The van der Waals surface area contributed by atoms with Gasteiger partial charge in [-0.25, -0.2) is 4.39 Å². The highest BCUT2D eigenvalue weighted by atomic mass is 19.1. The number of hydrogen-bond acceptors (Lipinski definition) is 1. The fraction of sp³-hybridized carbons (Fsp3) is 0.375. The maximum atomic E-state index is 13.0. The summed E-state index contributed by atoms with van der Waals surface area (Å²) in [5.74, 6) is 0.126. The van der Waals surface area contributed by atoms with Crippen molar-refractivity contribution >= 4 is 5.69 Å². The third kappa shape index (κ3) is 3.46. The highest BCUT2D eigenvalue weighted by molar-refractivity contribution is 5.57. The lowest BCUT2D eigenvalue weighted by Gasteiger charge is -2.30. The molecule has 1 nitrogen and oxygen atoms in total. The average molecular weight is 247 g/mol. The third-order valence-corrected chi connectivity index (χ3v) is 2.89. The lowest BCUT2D eigenvalue weighted by molar-refractivity contribution is 0.627. The second-order valence-electron chi connectivity index (χ2n) is 4.71. The van der Waals surface area contributed by atoms with Crippen molar-refractivity contribution in [2.45, 2.75) is 34.1 Å². The smallest absolute Gasteiger partial charge is 0.123 e. The summed E-state index contributed by atoms with van der Waals surface area (Å²) in [7, 11) is 0. The van der Waals surface area contributed by atoms with E-state index in [-0.39, 0.29) is 5.82 Å². The molecular formula is C16H22FN. The van der Waals surface area contributed by atoms with Crippen LogP contribution in [0.3, 0.4) is 0 Å². The van der Waals surface area contributed by atoms with E-state index in [1.807, 2.05) is 0 Å². The van der Waals surface area contributed by atoms with E-state index < -0.39 is 0 Å². The Hall–Kier alpha value is -1.57. The van der Waals surface area contributed by atoms with Gasteiger partial charge in [-0.2, -0.15) is 0 Å². The summed E-state index contributed by atoms with van der Waals surface area (Å²) in [5.41, 5.74) is 3.10. The van der Waals surface area contributed by atoms with E-state index >= 15 is 0 Å². The predicted molar refractivity (Wildman–Crippen MR) is 76.9 cm³/mol. The molecule has 1 rings (SSSR count). The van der Waals surface area contributed by atoms with Crippen LogP contribution in [0, 0.1) is 11.7 Å². The molecule has 0 saturated carbocycles. The molecule has 0 fully saturated rings. The van der Waals surface area contributed by atoms with Crippen LogP contribution >= 0.6 is 0 Å². The highest BCUT2D eigenvalue weighted by Gasteiger charge is 2.14. The van der Waals surface area contributed by atoms with Gasteiger partial charge in [-0.05, 0) is 43.5 Å². The molecule has 18 heavy (non-hydrogen) atoms. The normalized spacial score (nSPS) is 11.8. The Balaban J connectivity index is 3.16. The second-order valence-corrected chi connectivity index (χ2v) is 4.71. The van der Waals surface area contributed by atoms with Gasteiger partial charge in [0.2, 0.25) is 0 Å². The summed E-state index contributed by atoms with van der Waals surface area (Å²) < 4.78 is 13.0. The lowest BCUT2D eigenvalue weighted by Crippen LogP contribution is -2.22. The number of rotatable bonds is 5. The van der Waals surface area contributed by atoms with Crippen molar-refractivity contribution in [2.24, 2.45) is 5.92 Å². The quantitative estimate of drug-likeness (QED) is 0.698. The second kappa shape index (κ2) is 6.39. The van der Waals surface area contributed by atoms with Gasteiger partial charge in [0.1, 0.15) is 5.82 Å². The van der Waals surface area contributed by atoms with Gasteiger partial charge >= 0.3 is 0 Å². The molecule has 0 heterocycles. The SMILES string of the molecule is C=C(C(C)C)N(/C(C)=C/CC)c1ccc(F)cc1. The minimum atomic E-state index is -0.217. The van der Waals surface area contributed by atoms with Crippen LogP contribution in [0.1, 0.15) is 34.1 Å². The van der Waals surface area contributed by atoms with Crippen LogP contribution in [-0.2, 0) is 0 Å². The molecule has 0 radical (unpaired) electrons. The standard InChI is InChI=1S/C16H22FN/c1-6-7-13(4)18(14(5)12(2)3)16-10-8-15(17)9-11-16/h7-12H,5-6H2,1-4H3/b13-7+. The summed E-state index contributed by atoms with van der Waals surface area (Å²) in [6, 6.07) is 6.54. The molecule has 0 aliphatic rings. The molecule has 0 atom stereocenters. The van der Waals surface area contributed by atoms with Crippen molar-refractivity contribution < 1.29 is 4.39 Å². The molecule has 98 valence electrons. The number of anilines is 1. The Morgan fingerprint density at radius 1 is 1.33 bits per heavy atom. The minimum absolute atomic E-state index is 0.217. The maximum absolute atomic E-state index is 13.0. The minimum Gasteiger partial charge on any atom is -0.319 e. The number of halogens is 1. The van der Waals surface area contributed by atoms with Gasteiger partial charge in [-0.1, -0.05) is 33.4 Å². The molecule has 1 aromatic rings. The van der Waals surface area contributed by atoms with Crippen LogP contribution < -0.4 is 4.90 Å². The van der Waals surface area contributed by atoms with Gasteiger partial charge in [0.15, 0.2) is 0 Å². The van der Waals surface area contributed by atoms with Crippen molar-refractivity contribution in [3.63, 3.8) is 0 Å². The highest BCUT2D eigenvalue weighted by Crippen LogP contribution is 2.27. The Morgan fingerprint density at radius 2 is 1.89 bits per heavy atom. The first-order valence-electron chi connectivity index (χ1n) is 6.38. The monoisotopic (exact) mass is 247 g/mol. The average Bonchev–Trinajstić information content (AvgIpc) is 2.32. The van der Waals surface area contributed by atoms with Gasteiger partial charge in [0.25, 0.3) is 0 Å². The first kappa shape index (κ1) is 14.5. The fourth-order valence-electron chi connectivity index (χ4n) is 1.83. The van der Waals surface area contributed by atoms with E-state index in [4.69, 9.17) is 0 Å². The van der Waals surface area contributed by atoms with Gasteiger partial charge in [-0.3, -0.25) is 0 Å². The summed E-state index contributed by atoms with van der Waals surface area (Å²) >= 11 is 0. The predicted octanol–water partition coefficient (Wildman–Crippen LogP) is 5.12. The molecule has 0 bridgehead atoms. The van der Waals surface area contributed by atoms with Gasteiger partial charge in [0, 0.05) is 17.1 Å². The Kier molecular flexibility index (Phi) is 5.14. The van der Waals surface area contributed by atoms with Gasteiger partial charge in [-0.15, -0.1) is 0 Å². The molecule has 0 aromatic heterocycles. The van der Waals surface area contributed by atoms with E-state index in [0.717, 1.165) is 23.5 Å². The van der Waals surface area contributed by atoms with Crippen LogP contribution in [0.2, 0.25) is 0 Å². The summed E-state index contributed by atoms with van der Waals surface area (Å²) in [6.45, 7) is 12.5. The zero-order valence-corrected chi connectivity index (χ0v) is 11.7. The van der Waals surface area contributed by atoms with E-state index in [9.17, 15) is 4.39 Å². The maximum Gasteiger partial charge on any atom is 0.123 e. The summed E-state index contributed by atoms with van der Waals surface area (Å²) in [5, 5.41) is 0. The van der Waals surface area contributed by atoms with E-state index in [0.29, 0.717) is 5.92 Å². The molecule has 1 aromatic carbocycles. The third-order valence-electron chi connectivity index (χ3n) is 2.89. The Morgan fingerprint density at radius 3 is 2.33 bits per heavy atom. The molecule has 0 aliphatic carbocycles. The van der Waals surface area contributed by atoms with Crippen molar-refractivity contribution in [3.8, 4) is 0 Å². The summed E-state index contributed by atoms with van der Waals surface area (Å²) in [4.78, 5) is 2.09. The number of allylic oxidation sites excluding steroid dienone is 3. The lowest BCUT2D eigenvalue weighted by atomic mass is 10.1. The first-order chi connectivity index (χ1) is 8.47. The van der Waals surface area contributed by atoms with Crippen LogP contribution in [-0.4, -0.2) is 0 Å². The van der Waals surface area contributed by atoms with Crippen LogP contribution in [0.15, 0.2) is 48.3 Å². The Labute approximate surface area is 110 Å². The van der Waals surface area contributed by atoms with Gasteiger partial charge in [0.05, 0.1) is 0 Å². The molecule has 0 amide bonds. The first-order valence-corrected chi connectivity index (χ1v) is 6.38. The number of benzene rings is 1. The largest absolute Gasteiger partial charge is 0.319 e. The zero-order valence-electron chi connectivity index (χ0n) is 11.7. The fourth-order valence-corrected chi connectivity index (χ4v) is 1.83. The number of hydrogen-bond donors (Lipinski definition) is 0. The van der Waals surface area contributed by atoms with Crippen molar-refractivity contribution in [2.75, 3.05) is 4.90 Å². The van der Waals surface area contributed by atoms with Crippen LogP contribution in [0.4, 0.5) is 10.1 Å². The van der Waals surface area contributed by atoms with Crippen LogP contribution in [0.25, 0.3) is 0 Å². The molecule has 2 heteroatoms. The molecule has 0 unspecified atom stereocenters.